The van der Waals surface area contributed by atoms with Crippen molar-refractivity contribution in [3.63, 3.8) is 0 Å². The number of aliphatic hydroxyl groups is 1. The van der Waals surface area contributed by atoms with Crippen molar-refractivity contribution >= 4 is 17.4 Å². The molecule has 1 aliphatic rings. The average Bonchev–Trinajstić information content (AvgIpc) is 3.16. The van der Waals surface area contributed by atoms with Gasteiger partial charge in [-0.1, -0.05) is 13.0 Å². The molecular formula is C28H28N2O6. The van der Waals surface area contributed by atoms with Gasteiger partial charge in [-0.3, -0.25) is 14.6 Å². The molecule has 0 bridgehead atoms. The number of methoxy groups -OCH3 is 2. The van der Waals surface area contributed by atoms with E-state index in [2.05, 4.69) is 4.98 Å². The molecule has 2 aromatic carbocycles. The number of amides is 1. The van der Waals surface area contributed by atoms with E-state index >= 15 is 0 Å². The third-order valence-electron chi connectivity index (χ3n) is 5.95. The van der Waals surface area contributed by atoms with Gasteiger partial charge in [0.15, 0.2) is 0 Å². The summed E-state index contributed by atoms with van der Waals surface area (Å²) in [5.74, 6) is -0.128. The standard InChI is InChI=1S/C28H28N2O6/c1-4-14-36-20-9-7-19(8-10-20)26(31)24-25(22-12-11-21(34-2)15-23(22)35-3)30(28(33)27(24)32)17-18-6-5-13-29-16-18/h5-13,15-16,25,31H,4,14,17H2,1-3H3/b26-24-. The van der Waals surface area contributed by atoms with Crippen LogP contribution in [0.2, 0.25) is 0 Å². The van der Waals surface area contributed by atoms with Gasteiger partial charge in [0.05, 0.1) is 32.4 Å². The highest BCUT2D eigenvalue weighted by molar-refractivity contribution is 6.46. The van der Waals surface area contributed by atoms with Crippen LogP contribution < -0.4 is 14.2 Å². The number of ketones is 1. The van der Waals surface area contributed by atoms with Crippen LogP contribution in [0.3, 0.4) is 0 Å². The Hall–Kier alpha value is -4.33. The Morgan fingerprint density at radius 2 is 1.78 bits per heavy atom. The summed E-state index contributed by atoms with van der Waals surface area (Å²) in [6, 6.07) is 14.6. The van der Waals surface area contributed by atoms with Crippen LogP contribution >= 0.6 is 0 Å². The van der Waals surface area contributed by atoms with Crippen molar-refractivity contribution in [1.29, 1.82) is 0 Å². The summed E-state index contributed by atoms with van der Waals surface area (Å²) in [6.07, 6.45) is 4.14. The smallest absolute Gasteiger partial charge is 0.295 e. The third kappa shape index (κ3) is 4.88. The van der Waals surface area contributed by atoms with E-state index in [-0.39, 0.29) is 17.9 Å². The number of aliphatic hydroxyl groups excluding tert-OH is 1. The summed E-state index contributed by atoms with van der Waals surface area (Å²) < 4.78 is 16.5. The fourth-order valence-corrected chi connectivity index (χ4v) is 4.18. The molecule has 1 unspecified atom stereocenters. The molecule has 8 heteroatoms. The van der Waals surface area contributed by atoms with E-state index in [0.717, 1.165) is 12.0 Å². The molecule has 36 heavy (non-hydrogen) atoms. The summed E-state index contributed by atoms with van der Waals surface area (Å²) in [6.45, 7) is 2.71. The number of likely N-dealkylation sites (tertiary alicyclic amines) is 1. The lowest BCUT2D eigenvalue weighted by atomic mass is 9.94. The maximum absolute atomic E-state index is 13.3. The number of hydrogen-bond acceptors (Lipinski definition) is 7. The van der Waals surface area contributed by atoms with Gasteiger partial charge in [-0.15, -0.1) is 0 Å². The number of pyridine rings is 1. The molecule has 3 aromatic rings. The first-order chi connectivity index (χ1) is 17.5. The van der Waals surface area contributed by atoms with Gasteiger partial charge in [-0.25, -0.2) is 0 Å². The number of nitrogens with zero attached hydrogens (tertiary/aromatic N) is 2. The fourth-order valence-electron chi connectivity index (χ4n) is 4.18. The second-order valence-corrected chi connectivity index (χ2v) is 8.27. The van der Waals surface area contributed by atoms with E-state index in [9.17, 15) is 14.7 Å². The van der Waals surface area contributed by atoms with E-state index in [1.807, 2.05) is 13.0 Å². The Balaban J connectivity index is 1.84. The Kier molecular flexibility index (Phi) is 7.53. The Bertz CT molecular complexity index is 1270. The molecule has 1 fully saturated rings. The van der Waals surface area contributed by atoms with E-state index in [1.54, 1.807) is 60.9 Å². The van der Waals surface area contributed by atoms with Gasteiger partial charge in [0.1, 0.15) is 23.0 Å². The molecule has 4 rings (SSSR count). The molecule has 1 N–H and O–H groups in total. The van der Waals surface area contributed by atoms with Crippen molar-refractivity contribution in [3.8, 4) is 17.2 Å². The molecular weight excluding hydrogens is 460 g/mol. The van der Waals surface area contributed by atoms with E-state index < -0.39 is 17.7 Å². The first-order valence-electron chi connectivity index (χ1n) is 11.6. The maximum atomic E-state index is 13.3. The Morgan fingerprint density at radius 3 is 2.42 bits per heavy atom. The molecule has 0 saturated carbocycles. The zero-order valence-electron chi connectivity index (χ0n) is 20.4. The molecule has 1 amide bonds. The second kappa shape index (κ2) is 10.9. The number of benzene rings is 2. The lowest BCUT2D eigenvalue weighted by molar-refractivity contribution is -0.140. The summed E-state index contributed by atoms with van der Waals surface area (Å²) in [5, 5.41) is 11.3. The number of rotatable bonds is 9. The van der Waals surface area contributed by atoms with Crippen LogP contribution in [0.15, 0.2) is 72.6 Å². The predicted octanol–water partition coefficient (Wildman–Crippen LogP) is 4.51. The molecule has 1 aromatic heterocycles. The minimum Gasteiger partial charge on any atom is -0.507 e. The monoisotopic (exact) mass is 488 g/mol. The van der Waals surface area contributed by atoms with Gasteiger partial charge in [-0.2, -0.15) is 0 Å². The van der Waals surface area contributed by atoms with Crippen molar-refractivity contribution in [1.82, 2.24) is 9.88 Å². The largest absolute Gasteiger partial charge is 0.507 e. The molecule has 2 heterocycles. The minimum absolute atomic E-state index is 0.0189. The number of carbonyl (C=O) groups excluding carboxylic acids is 2. The average molecular weight is 489 g/mol. The lowest BCUT2D eigenvalue weighted by Crippen LogP contribution is -2.29. The highest BCUT2D eigenvalue weighted by Crippen LogP contribution is 2.44. The van der Waals surface area contributed by atoms with E-state index in [1.165, 1.54) is 19.1 Å². The minimum atomic E-state index is -0.887. The SMILES string of the molecule is CCCOc1ccc(/C(O)=C2/C(=O)C(=O)N(Cc3cccnc3)C2c2ccc(OC)cc2OC)cc1. The van der Waals surface area contributed by atoms with Crippen LogP contribution in [0, 0.1) is 0 Å². The highest BCUT2D eigenvalue weighted by atomic mass is 16.5. The Labute approximate surface area is 209 Å². The van der Waals surface area contributed by atoms with Crippen LogP contribution in [0.4, 0.5) is 0 Å². The van der Waals surface area contributed by atoms with Crippen LogP contribution in [-0.4, -0.2) is 47.5 Å². The van der Waals surface area contributed by atoms with Crippen LogP contribution in [-0.2, 0) is 16.1 Å². The van der Waals surface area contributed by atoms with Crippen molar-refractivity contribution in [2.75, 3.05) is 20.8 Å². The Morgan fingerprint density at radius 1 is 1.03 bits per heavy atom. The topological polar surface area (TPSA) is 98.2 Å². The number of hydrogen-bond donors (Lipinski definition) is 1. The molecule has 1 atom stereocenters. The van der Waals surface area contributed by atoms with Crippen molar-refractivity contribution < 1.29 is 28.9 Å². The summed E-state index contributed by atoms with van der Waals surface area (Å²) >= 11 is 0. The van der Waals surface area contributed by atoms with Crippen LogP contribution in [0.5, 0.6) is 17.2 Å². The first kappa shape index (κ1) is 24.8. The normalized spacial score (nSPS) is 16.8. The number of carbonyl (C=O) groups is 2. The summed E-state index contributed by atoms with van der Waals surface area (Å²) in [4.78, 5) is 32.1. The lowest BCUT2D eigenvalue weighted by Gasteiger charge is -2.26. The molecule has 1 saturated heterocycles. The van der Waals surface area contributed by atoms with Gasteiger partial charge in [0, 0.05) is 36.1 Å². The highest BCUT2D eigenvalue weighted by Gasteiger charge is 2.47. The number of Topliss-reactive ketones (excluding diaryl/α,β-unsaturated/α-hetero) is 1. The zero-order chi connectivity index (χ0) is 25.7. The third-order valence-corrected chi connectivity index (χ3v) is 5.95. The van der Waals surface area contributed by atoms with Gasteiger partial charge in [-0.05, 0) is 54.4 Å². The van der Waals surface area contributed by atoms with E-state index in [0.29, 0.717) is 35.0 Å². The van der Waals surface area contributed by atoms with Crippen LogP contribution in [0.1, 0.15) is 36.1 Å². The molecule has 0 radical (unpaired) electrons. The van der Waals surface area contributed by atoms with Crippen molar-refractivity contribution in [2.24, 2.45) is 0 Å². The maximum Gasteiger partial charge on any atom is 0.295 e. The molecule has 1 aliphatic heterocycles. The van der Waals surface area contributed by atoms with Crippen molar-refractivity contribution in [2.45, 2.75) is 25.9 Å². The predicted molar refractivity (Wildman–Crippen MR) is 134 cm³/mol. The van der Waals surface area contributed by atoms with Gasteiger partial charge in [0.2, 0.25) is 0 Å². The molecule has 0 aliphatic carbocycles. The van der Waals surface area contributed by atoms with Gasteiger partial charge >= 0.3 is 0 Å². The van der Waals surface area contributed by atoms with Gasteiger partial charge < -0.3 is 24.2 Å². The summed E-state index contributed by atoms with van der Waals surface area (Å²) in [7, 11) is 3.04. The fraction of sp³-hybridized carbons (Fsp3) is 0.250. The van der Waals surface area contributed by atoms with E-state index in [4.69, 9.17) is 14.2 Å². The summed E-state index contributed by atoms with van der Waals surface area (Å²) in [5.41, 5.74) is 1.67. The van der Waals surface area contributed by atoms with Gasteiger partial charge in [0.25, 0.3) is 11.7 Å². The zero-order valence-corrected chi connectivity index (χ0v) is 20.4. The quantitative estimate of drug-likeness (QED) is 0.269. The number of aromatic nitrogens is 1. The molecule has 186 valence electrons. The second-order valence-electron chi connectivity index (χ2n) is 8.27. The molecule has 0 spiro atoms. The van der Waals surface area contributed by atoms with Crippen LogP contribution in [0.25, 0.3) is 5.76 Å². The first-order valence-corrected chi connectivity index (χ1v) is 11.6. The van der Waals surface area contributed by atoms with Crippen molar-refractivity contribution in [3.05, 3.63) is 89.3 Å². The number of ether oxygens (including phenoxy) is 3. The molecule has 8 nitrogen and oxygen atoms in total.